The van der Waals surface area contributed by atoms with Crippen LogP contribution in [0.25, 0.3) is 0 Å². The number of hydroxylamine groups is 1. The average molecular weight is 284 g/mol. The SMILES string of the molecule is Cc1cccc(NC(=O)NOC(=O)Cc2ccccc2)c1. The fraction of sp³-hybridized carbons (Fsp3) is 0.125. The molecule has 0 radical (unpaired) electrons. The third-order valence-electron chi connectivity index (χ3n) is 2.72. The summed E-state index contributed by atoms with van der Waals surface area (Å²) in [7, 11) is 0. The Kier molecular flexibility index (Phi) is 4.93. The monoisotopic (exact) mass is 284 g/mol. The molecule has 0 aliphatic rings. The van der Waals surface area contributed by atoms with Crippen LogP contribution < -0.4 is 10.8 Å². The number of urea groups is 1. The van der Waals surface area contributed by atoms with Crippen LogP contribution in [0, 0.1) is 6.92 Å². The second-order valence-electron chi connectivity index (χ2n) is 4.56. The number of rotatable bonds is 3. The van der Waals surface area contributed by atoms with Gasteiger partial charge < -0.3 is 10.2 Å². The molecule has 2 aromatic rings. The van der Waals surface area contributed by atoms with E-state index in [2.05, 4.69) is 10.8 Å². The first-order chi connectivity index (χ1) is 10.1. The van der Waals surface area contributed by atoms with Gasteiger partial charge >= 0.3 is 12.0 Å². The summed E-state index contributed by atoms with van der Waals surface area (Å²) in [5.41, 5.74) is 4.55. The summed E-state index contributed by atoms with van der Waals surface area (Å²) >= 11 is 0. The first-order valence-corrected chi connectivity index (χ1v) is 6.51. The van der Waals surface area contributed by atoms with Crippen molar-refractivity contribution in [3.63, 3.8) is 0 Å². The van der Waals surface area contributed by atoms with Crippen molar-refractivity contribution < 1.29 is 14.4 Å². The summed E-state index contributed by atoms with van der Waals surface area (Å²) in [4.78, 5) is 27.8. The summed E-state index contributed by atoms with van der Waals surface area (Å²) in [6.45, 7) is 1.92. The van der Waals surface area contributed by atoms with Gasteiger partial charge in [0, 0.05) is 5.69 Å². The number of hydrogen-bond donors (Lipinski definition) is 2. The maximum atomic E-state index is 11.6. The second-order valence-corrected chi connectivity index (χ2v) is 4.56. The van der Waals surface area contributed by atoms with Crippen LogP contribution >= 0.6 is 0 Å². The van der Waals surface area contributed by atoms with Crippen molar-refractivity contribution in [1.29, 1.82) is 0 Å². The Hall–Kier alpha value is -2.82. The van der Waals surface area contributed by atoms with E-state index in [0.29, 0.717) is 5.69 Å². The Morgan fingerprint density at radius 3 is 2.52 bits per heavy atom. The third kappa shape index (κ3) is 4.99. The van der Waals surface area contributed by atoms with Gasteiger partial charge in [0.25, 0.3) is 0 Å². The molecule has 0 bridgehead atoms. The lowest BCUT2D eigenvalue weighted by Gasteiger charge is -2.08. The summed E-state index contributed by atoms with van der Waals surface area (Å²) in [5.74, 6) is -0.527. The van der Waals surface area contributed by atoms with Crippen molar-refractivity contribution in [2.45, 2.75) is 13.3 Å². The summed E-state index contributed by atoms with van der Waals surface area (Å²) in [6, 6.07) is 15.9. The van der Waals surface area contributed by atoms with Crippen molar-refractivity contribution in [2.24, 2.45) is 0 Å². The molecule has 2 rings (SSSR count). The summed E-state index contributed by atoms with van der Waals surface area (Å²) in [5, 5.41) is 2.57. The van der Waals surface area contributed by atoms with Gasteiger partial charge in [0.15, 0.2) is 0 Å². The van der Waals surface area contributed by atoms with Crippen LogP contribution in [-0.2, 0) is 16.1 Å². The molecule has 0 fully saturated rings. The van der Waals surface area contributed by atoms with E-state index in [4.69, 9.17) is 4.84 Å². The van der Waals surface area contributed by atoms with Crippen LogP contribution in [0.4, 0.5) is 10.5 Å². The fourth-order valence-corrected chi connectivity index (χ4v) is 1.78. The molecule has 0 aliphatic heterocycles. The lowest BCUT2D eigenvalue weighted by Crippen LogP contribution is -2.31. The molecule has 108 valence electrons. The van der Waals surface area contributed by atoms with E-state index in [1.54, 1.807) is 6.07 Å². The zero-order chi connectivity index (χ0) is 15.1. The number of carbonyl (C=O) groups excluding carboxylic acids is 2. The Balaban J connectivity index is 1.77. The van der Waals surface area contributed by atoms with Crippen molar-refractivity contribution in [2.75, 3.05) is 5.32 Å². The molecular formula is C16H16N2O3. The topological polar surface area (TPSA) is 67.4 Å². The summed E-state index contributed by atoms with van der Waals surface area (Å²) in [6.07, 6.45) is 0.103. The molecule has 0 aromatic heterocycles. The maximum Gasteiger partial charge on any atom is 0.352 e. The maximum absolute atomic E-state index is 11.6. The van der Waals surface area contributed by atoms with Gasteiger partial charge in [0.1, 0.15) is 0 Å². The van der Waals surface area contributed by atoms with Gasteiger partial charge in [0.05, 0.1) is 6.42 Å². The van der Waals surface area contributed by atoms with Gasteiger partial charge in [-0.3, -0.25) is 0 Å². The highest BCUT2D eigenvalue weighted by molar-refractivity contribution is 5.89. The zero-order valence-electron chi connectivity index (χ0n) is 11.6. The van der Waals surface area contributed by atoms with E-state index >= 15 is 0 Å². The molecule has 0 saturated carbocycles. The molecule has 2 N–H and O–H groups in total. The average Bonchev–Trinajstić information content (AvgIpc) is 2.46. The Morgan fingerprint density at radius 2 is 1.81 bits per heavy atom. The fourth-order valence-electron chi connectivity index (χ4n) is 1.78. The number of aryl methyl sites for hydroxylation is 1. The summed E-state index contributed by atoms with van der Waals surface area (Å²) < 4.78 is 0. The van der Waals surface area contributed by atoms with E-state index in [-0.39, 0.29) is 6.42 Å². The van der Waals surface area contributed by atoms with E-state index in [9.17, 15) is 9.59 Å². The molecule has 2 amide bonds. The molecule has 0 saturated heterocycles. The van der Waals surface area contributed by atoms with Gasteiger partial charge in [-0.05, 0) is 30.2 Å². The Labute approximate surface area is 122 Å². The highest BCUT2D eigenvalue weighted by Crippen LogP contribution is 2.09. The normalized spacial score (nSPS) is 9.76. The van der Waals surface area contributed by atoms with E-state index < -0.39 is 12.0 Å². The van der Waals surface area contributed by atoms with Crippen molar-refractivity contribution >= 4 is 17.7 Å². The molecule has 0 heterocycles. The van der Waals surface area contributed by atoms with Crippen LogP contribution in [0.3, 0.4) is 0 Å². The van der Waals surface area contributed by atoms with Crippen LogP contribution in [0.5, 0.6) is 0 Å². The largest absolute Gasteiger partial charge is 0.352 e. The minimum atomic E-state index is -0.595. The standard InChI is InChI=1S/C16H16N2O3/c1-12-6-5-9-14(10-12)17-16(20)18-21-15(19)11-13-7-3-2-4-8-13/h2-10H,11H2,1H3,(H2,17,18,20). The van der Waals surface area contributed by atoms with E-state index in [1.807, 2.05) is 55.5 Å². The Bertz CT molecular complexity index is 626. The van der Waals surface area contributed by atoms with Crippen molar-refractivity contribution in [3.8, 4) is 0 Å². The molecule has 2 aromatic carbocycles. The number of nitrogens with one attached hydrogen (secondary N) is 2. The van der Waals surface area contributed by atoms with Gasteiger partial charge in [0.2, 0.25) is 0 Å². The second kappa shape index (κ2) is 7.09. The van der Waals surface area contributed by atoms with Gasteiger partial charge in [-0.15, -0.1) is 0 Å². The number of benzene rings is 2. The molecule has 5 nitrogen and oxygen atoms in total. The minimum absolute atomic E-state index is 0.103. The smallest absolute Gasteiger partial charge is 0.339 e. The highest BCUT2D eigenvalue weighted by atomic mass is 16.7. The molecular weight excluding hydrogens is 268 g/mol. The molecule has 0 aliphatic carbocycles. The minimum Gasteiger partial charge on any atom is -0.339 e. The van der Waals surface area contributed by atoms with Crippen molar-refractivity contribution in [3.05, 3.63) is 65.7 Å². The molecule has 0 spiro atoms. The van der Waals surface area contributed by atoms with Crippen LogP contribution in [0.1, 0.15) is 11.1 Å². The molecule has 21 heavy (non-hydrogen) atoms. The number of carbonyl (C=O) groups is 2. The van der Waals surface area contributed by atoms with Gasteiger partial charge in [-0.1, -0.05) is 42.5 Å². The van der Waals surface area contributed by atoms with Crippen LogP contribution in [-0.4, -0.2) is 12.0 Å². The lowest BCUT2D eigenvalue weighted by atomic mass is 10.2. The van der Waals surface area contributed by atoms with Crippen LogP contribution in [0.15, 0.2) is 54.6 Å². The molecule has 5 heteroatoms. The number of hydrogen-bond acceptors (Lipinski definition) is 3. The first-order valence-electron chi connectivity index (χ1n) is 6.51. The third-order valence-corrected chi connectivity index (χ3v) is 2.72. The lowest BCUT2D eigenvalue weighted by molar-refractivity contribution is -0.147. The highest BCUT2D eigenvalue weighted by Gasteiger charge is 2.08. The number of amides is 2. The van der Waals surface area contributed by atoms with Gasteiger partial charge in [-0.25, -0.2) is 9.59 Å². The quantitative estimate of drug-likeness (QED) is 0.852. The predicted octanol–water partition coefficient (Wildman–Crippen LogP) is 2.82. The van der Waals surface area contributed by atoms with E-state index in [1.165, 1.54) is 0 Å². The van der Waals surface area contributed by atoms with Crippen LogP contribution in [0.2, 0.25) is 0 Å². The van der Waals surface area contributed by atoms with Gasteiger partial charge in [-0.2, -0.15) is 5.48 Å². The Morgan fingerprint density at radius 1 is 1.05 bits per heavy atom. The number of anilines is 1. The zero-order valence-corrected chi connectivity index (χ0v) is 11.6. The first kappa shape index (κ1) is 14.6. The van der Waals surface area contributed by atoms with E-state index in [0.717, 1.165) is 11.1 Å². The molecule has 0 unspecified atom stereocenters. The van der Waals surface area contributed by atoms with Crippen molar-refractivity contribution in [1.82, 2.24) is 5.48 Å². The predicted molar refractivity (Wildman–Crippen MR) is 79.6 cm³/mol. The molecule has 0 atom stereocenters.